The van der Waals surface area contributed by atoms with E-state index < -0.39 is 17.7 Å². The first-order valence-corrected chi connectivity index (χ1v) is 7.19. The highest BCUT2D eigenvalue weighted by Crippen LogP contribution is 2.18. The minimum Gasteiger partial charge on any atom is -0.477 e. The van der Waals surface area contributed by atoms with Gasteiger partial charge in [0.15, 0.2) is 5.82 Å². The Balaban J connectivity index is 2.23. The van der Waals surface area contributed by atoms with Crippen molar-refractivity contribution in [1.82, 2.24) is 9.97 Å². The Labute approximate surface area is 133 Å². The van der Waals surface area contributed by atoms with E-state index in [1.54, 1.807) is 20.8 Å². The van der Waals surface area contributed by atoms with Gasteiger partial charge in [-0.3, -0.25) is 5.32 Å². The zero-order chi connectivity index (χ0) is 17.0. The van der Waals surface area contributed by atoms with Crippen LogP contribution in [-0.2, 0) is 9.47 Å². The van der Waals surface area contributed by atoms with Crippen molar-refractivity contribution < 1.29 is 24.2 Å². The number of anilines is 2. The van der Waals surface area contributed by atoms with Crippen LogP contribution >= 0.6 is 0 Å². The fraction of sp³-hybridized carbons (Fsp3) is 0.571. The van der Waals surface area contributed by atoms with Crippen molar-refractivity contribution in [3.05, 3.63) is 11.8 Å². The number of carboxylic acids is 1. The highest BCUT2D eigenvalue weighted by atomic mass is 16.6. The molecule has 1 amide bonds. The predicted molar refractivity (Wildman–Crippen MR) is 81.9 cm³/mol. The lowest BCUT2D eigenvalue weighted by Crippen LogP contribution is -2.37. The number of nitrogens with one attached hydrogen (secondary N) is 1. The SMILES string of the molecule is CC(C)(C)OC(=O)Nc1nc(N2CCOCC2)ncc1C(=O)O. The van der Waals surface area contributed by atoms with Gasteiger partial charge in [0.2, 0.25) is 5.95 Å². The molecule has 0 bridgehead atoms. The standard InChI is InChI=1S/C14H20N4O5/c1-14(2,3)23-13(21)17-10-9(11(19)20)8-15-12(16-10)18-4-6-22-7-5-18/h8H,4-7H2,1-3H3,(H,19,20)(H,15,16,17,21). The monoisotopic (exact) mass is 324 g/mol. The molecule has 0 saturated carbocycles. The normalized spacial score (nSPS) is 15.2. The topological polar surface area (TPSA) is 114 Å². The number of carbonyl (C=O) groups is 2. The molecule has 2 N–H and O–H groups in total. The van der Waals surface area contributed by atoms with Crippen LogP contribution in [0.4, 0.5) is 16.6 Å². The van der Waals surface area contributed by atoms with Crippen LogP contribution in [-0.4, -0.2) is 59.0 Å². The number of nitrogens with zero attached hydrogens (tertiary/aromatic N) is 3. The summed E-state index contributed by atoms with van der Waals surface area (Å²) in [5, 5.41) is 11.6. The molecule has 9 heteroatoms. The molecule has 0 aromatic carbocycles. The highest BCUT2D eigenvalue weighted by Gasteiger charge is 2.22. The minimum atomic E-state index is -1.23. The maximum absolute atomic E-state index is 11.9. The predicted octanol–water partition coefficient (Wildman–Crippen LogP) is 1.36. The molecular formula is C14H20N4O5. The molecule has 0 aliphatic carbocycles. The van der Waals surface area contributed by atoms with Crippen molar-refractivity contribution in [3.63, 3.8) is 0 Å². The van der Waals surface area contributed by atoms with Crippen molar-refractivity contribution in [2.45, 2.75) is 26.4 Å². The van der Waals surface area contributed by atoms with E-state index in [1.165, 1.54) is 6.20 Å². The number of aromatic nitrogens is 2. The Bertz CT molecular complexity index is 593. The van der Waals surface area contributed by atoms with E-state index in [0.29, 0.717) is 32.3 Å². The molecule has 0 spiro atoms. The zero-order valence-electron chi connectivity index (χ0n) is 13.3. The van der Waals surface area contributed by atoms with Crippen LogP contribution in [0.3, 0.4) is 0 Å². The molecule has 1 fully saturated rings. The molecule has 0 radical (unpaired) electrons. The fourth-order valence-electron chi connectivity index (χ4n) is 1.94. The number of ether oxygens (including phenoxy) is 2. The van der Waals surface area contributed by atoms with Gasteiger partial charge < -0.3 is 19.5 Å². The molecule has 1 saturated heterocycles. The zero-order valence-corrected chi connectivity index (χ0v) is 13.3. The molecule has 1 aliphatic rings. The third-order valence-corrected chi connectivity index (χ3v) is 2.92. The Kier molecular flexibility index (Phi) is 4.99. The van der Waals surface area contributed by atoms with E-state index in [9.17, 15) is 14.7 Å². The van der Waals surface area contributed by atoms with Crippen molar-refractivity contribution in [1.29, 1.82) is 0 Å². The number of hydrogen-bond donors (Lipinski definition) is 2. The summed E-state index contributed by atoms with van der Waals surface area (Å²) in [5.41, 5.74) is -0.902. The Morgan fingerprint density at radius 1 is 1.35 bits per heavy atom. The van der Waals surface area contributed by atoms with Crippen molar-refractivity contribution in [2.24, 2.45) is 0 Å². The first kappa shape index (κ1) is 16.9. The van der Waals surface area contributed by atoms with Gasteiger partial charge in [-0.1, -0.05) is 0 Å². The summed E-state index contributed by atoms with van der Waals surface area (Å²) in [6.07, 6.45) is 0.402. The number of aromatic carboxylic acids is 1. The molecule has 2 rings (SSSR count). The smallest absolute Gasteiger partial charge is 0.413 e. The summed E-state index contributed by atoms with van der Waals surface area (Å²) in [4.78, 5) is 33.2. The van der Waals surface area contributed by atoms with Crippen LogP contribution in [0.2, 0.25) is 0 Å². The van der Waals surface area contributed by atoms with Gasteiger partial charge in [-0.2, -0.15) is 4.98 Å². The average Bonchev–Trinajstić information content (AvgIpc) is 2.45. The second-order valence-electron chi connectivity index (χ2n) is 5.96. The second kappa shape index (κ2) is 6.78. The van der Waals surface area contributed by atoms with Crippen LogP contribution in [0, 0.1) is 0 Å². The summed E-state index contributed by atoms with van der Waals surface area (Å²) in [6, 6.07) is 0. The van der Waals surface area contributed by atoms with Gasteiger partial charge in [0.25, 0.3) is 0 Å². The Morgan fingerprint density at radius 2 is 2.00 bits per heavy atom. The lowest BCUT2D eigenvalue weighted by molar-refractivity contribution is 0.0635. The maximum atomic E-state index is 11.9. The van der Waals surface area contributed by atoms with Crippen molar-refractivity contribution in [3.8, 4) is 0 Å². The summed E-state index contributed by atoms with van der Waals surface area (Å²) in [6.45, 7) is 7.41. The van der Waals surface area contributed by atoms with Gasteiger partial charge in [0.05, 0.1) is 13.2 Å². The second-order valence-corrected chi connectivity index (χ2v) is 5.96. The Hall–Kier alpha value is -2.42. The molecule has 0 unspecified atom stereocenters. The van der Waals surface area contributed by atoms with Crippen LogP contribution in [0.25, 0.3) is 0 Å². The summed E-state index contributed by atoms with van der Waals surface area (Å²) in [5.74, 6) is -0.989. The van der Waals surface area contributed by atoms with Crippen LogP contribution in [0.5, 0.6) is 0 Å². The first-order chi connectivity index (χ1) is 10.8. The largest absolute Gasteiger partial charge is 0.477 e. The van der Waals surface area contributed by atoms with Gasteiger partial charge in [0, 0.05) is 19.3 Å². The number of hydrogen-bond acceptors (Lipinski definition) is 7. The molecular weight excluding hydrogens is 304 g/mol. The van der Waals surface area contributed by atoms with Crippen LogP contribution in [0.15, 0.2) is 6.20 Å². The molecule has 9 nitrogen and oxygen atoms in total. The van der Waals surface area contributed by atoms with Gasteiger partial charge in [-0.15, -0.1) is 0 Å². The Morgan fingerprint density at radius 3 is 2.57 bits per heavy atom. The third kappa shape index (κ3) is 4.78. The molecule has 2 heterocycles. The van der Waals surface area contributed by atoms with E-state index in [-0.39, 0.29) is 11.4 Å². The van der Waals surface area contributed by atoms with Crippen molar-refractivity contribution >= 4 is 23.8 Å². The average molecular weight is 324 g/mol. The first-order valence-electron chi connectivity index (χ1n) is 7.19. The van der Waals surface area contributed by atoms with Gasteiger partial charge >= 0.3 is 12.1 Å². The number of carbonyl (C=O) groups excluding carboxylic acids is 1. The number of rotatable bonds is 3. The summed E-state index contributed by atoms with van der Waals surface area (Å²) in [7, 11) is 0. The lowest BCUT2D eigenvalue weighted by Gasteiger charge is -2.27. The van der Waals surface area contributed by atoms with E-state index in [1.807, 2.05) is 4.90 Å². The van der Waals surface area contributed by atoms with Gasteiger partial charge in [0.1, 0.15) is 11.2 Å². The molecule has 1 aromatic heterocycles. The summed E-state index contributed by atoms with van der Waals surface area (Å²) >= 11 is 0. The van der Waals surface area contributed by atoms with Gasteiger partial charge in [-0.05, 0) is 20.8 Å². The summed E-state index contributed by atoms with van der Waals surface area (Å²) < 4.78 is 10.4. The van der Waals surface area contributed by atoms with Crippen molar-refractivity contribution in [2.75, 3.05) is 36.5 Å². The third-order valence-electron chi connectivity index (χ3n) is 2.92. The van der Waals surface area contributed by atoms with E-state index in [0.717, 1.165) is 0 Å². The van der Waals surface area contributed by atoms with E-state index in [2.05, 4.69) is 15.3 Å². The van der Waals surface area contributed by atoms with Gasteiger partial charge in [-0.25, -0.2) is 14.6 Å². The lowest BCUT2D eigenvalue weighted by atomic mass is 10.2. The number of amides is 1. The maximum Gasteiger partial charge on any atom is 0.413 e. The number of carboxylic acid groups (broad SMARTS) is 1. The number of morpholine rings is 1. The molecule has 0 atom stereocenters. The van der Waals surface area contributed by atoms with Crippen LogP contribution < -0.4 is 10.2 Å². The molecule has 23 heavy (non-hydrogen) atoms. The van der Waals surface area contributed by atoms with E-state index in [4.69, 9.17) is 9.47 Å². The molecule has 126 valence electrons. The quantitative estimate of drug-likeness (QED) is 0.856. The fourth-order valence-corrected chi connectivity index (χ4v) is 1.94. The molecule has 1 aromatic rings. The van der Waals surface area contributed by atoms with Crippen LogP contribution in [0.1, 0.15) is 31.1 Å². The molecule has 1 aliphatic heterocycles. The van der Waals surface area contributed by atoms with E-state index >= 15 is 0 Å². The minimum absolute atomic E-state index is 0.0942. The highest BCUT2D eigenvalue weighted by molar-refractivity contribution is 5.97.